The highest BCUT2D eigenvalue weighted by Gasteiger charge is 2.36. The number of fused-ring (bicyclic) bond motifs is 2. The van der Waals surface area contributed by atoms with Gasteiger partial charge in [-0.05, 0) is 36.8 Å². The molecule has 35 heavy (non-hydrogen) atoms. The summed E-state index contributed by atoms with van der Waals surface area (Å²) in [6.07, 6.45) is 0.172. The standard InChI is InChI=1S/C27H34N4O4/c1-7-34-23-11-18-13-31(26(28)19(18)8-17(23)12-24(33)29-4)14-22(32)16-9-20-25(21(10-16)30(5)6)35-15-27(20,2)3/h8-11,28H,7,12-15H2,1-6H3,(H,29,33). The van der Waals surface area contributed by atoms with Crippen LogP contribution in [-0.4, -0.2) is 63.3 Å². The van der Waals surface area contributed by atoms with Crippen molar-refractivity contribution in [2.75, 3.05) is 45.8 Å². The van der Waals surface area contributed by atoms with Crippen LogP contribution in [0.25, 0.3) is 0 Å². The number of ether oxygens (including phenoxy) is 2. The molecule has 2 aromatic carbocycles. The molecule has 0 unspecified atom stereocenters. The molecular formula is C27H34N4O4. The number of carbonyl (C=O) groups is 2. The summed E-state index contributed by atoms with van der Waals surface area (Å²) >= 11 is 0. The van der Waals surface area contributed by atoms with Gasteiger partial charge in [0.2, 0.25) is 5.91 Å². The molecule has 0 fully saturated rings. The second-order valence-electron chi connectivity index (χ2n) is 9.97. The average Bonchev–Trinajstić information content (AvgIpc) is 3.28. The van der Waals surface area contributed by atoms with E-state index in [1.54, 1.807) is 11.9 Å². The van der Waals surface area contributed by atoms with Crippen LogP contribution in [0.2, 0.25) is 0 Å². The molecule has 0 saturated heterocycles. The Morgan fingerprint density at radius 3 is 2.63 bits per heavy atom. The second kappa shape index (κ2) is 9.24. The molecule has 8 nitrogen and oxygen atoms in total. The summed E-state index contributed by atoms with van der Waals surface area (Å²) in [6, 6.07) is 7.57. The van der Waals surface area contributed by atoms with Crippen molar-refractivity contribution in [1.29, 1.82) is 5.41 Å². The van der Waals surface area contributed by atoms with Crippen LogP contribution in [0.15, 0.2) is 24.3 Å². The Kier molecular flexibility index (Phi) is 6.49. The number of carbonyl (C=O) groups excluding carboxylic acids is 2. The van der Waals surface area contributed by atoms with Gasteiger partial charge in [-0.15, -0.1) is 0 Å². The number of amides is 1. The van der Waals surface area contributed by atoms with Crippen molar-refractivity contribution >= 4 is 23.2 Å². The van der Waals surface area contributed by atoms with Crippen LogP contribution in [-0.2, 0) is 23.2 Å². The van der Waals surface area contributed by atoms with E-state index >= 15 is 0 Å². The zero-order valence-corrected chi connectivity index (χ0v) is 21.4. The molecule has 0 saturated carbocycles. The summed E-state index contributed by atoms with van der Waals surface area (Å²) in [7, 11) is 5.48. The summed E-state index contributed by atoms with van der Waals surface area (Å²) in [5, 5.41) is 11.4. The van der Waals surface area contributed by atoms with Gasteiger partial charge in [-0.3, -0.25) is 15.0 Å². The zero-order chi connectivity index (χ0) is 25.5. The lowest BCUT2D eigenvalue weighted by Crippen LogP contribution is -2.30. The quantitative estimate of drug-likeness (QED) is 0.566. The van der Waals surface area contributed by atoms with Crippen LogP contribution < -0.4 is 19.7 Å². The first-order valence-corrected chi connectivity index (χ1v) is 11.9. The second-order valence-corrected chi connectivity index (χ2v) is 9.97. The van der Waals surface area contributed by atoms with Crippen LogP contribution in [0, 0.1) is 5.41 Å². The lowest BCUT2D eigenvalue weighted by atomic mass is 9.85. The van der Waals surface area contributed by atoms with E-state index in [1.807, 2.05) is 50.2 Å². The van der Waals surface area contributed by atoms with Gasteiger partial charge in [0, 0.05) is 55.4 Å². The molecule has 186 valence electrons. The Bertz CT molecular complexity index is 1200. The molecule has 0 atom stereocenters. The maximum Gasteiger partial charge on any atom is 0.224 e. The van der Waals surface area contributed by atoms with Crippen molar-refractivity contribution in [3.05, 3.63) is 52.1 Å². The van der Waals surface area contributed by atoms with Crippen molar-refractivity contribution in [2.45, 2.75) is 39.2 Å². The van der Waals surface area contributed by atoms with Gasteiger partial charge in [0.25, 0.3) is 0 Å². The molecule has 2 N–H and O–H groups in total. The number of likely N-dealkylation sites (N-methyl/N-ethyl adjacent to an activating group) is 1. The fourth-order valence-corrected chi connectivity index (χ4v) is 4.65. The van der Waals surface area contributed by atoms with Crippen molar-refractivity contribution in [3.63, 3.8) is 0 Å². The molecular weight excluding hydrogens is 444 g/mol. The molecule has 0 spiro atoms. The van der Waals surface area contributed by atoms with E-state index in [0.717, 1.165) is 33.7 Å². The minimum atomic E-state index is -0.177. The SMILES string of the molecule is CCOc1cc2c(cc1CC(=O)NC)C(=N)N(CC(=O)c1cc(N(C)C)c3c(c1)C(C)(C)CO3)C2. The highest BCUT2D eigenvalue weighted by Crippen LogP contribution is 2.45. The Balaban J connectivity index is 1.60. The molecule has 0 aromatic heterocycles. The maximum atomic E-state index is 13.4. The maximum absolute atomic E-state index is 13.4. The zero-order valence-electron chi connectivity index (χ0n) is 21.4. The van der Waals surface area contributed by atoms with E-state index in [9.17, 15) is 9.59 Å². The van der Waals surface area contributed by atoms with Gasteiger partial charge in [0.15, 0.2) is 5.78 Å². The number of nitrogens with zero attached hydrogens (tertiary/aromatic N) is 2. The molecule has 0 bridgehead atoms. The molecule has 8 heteroatoms. The van der Waals surface area contributed by atoms with Crippen LogP contribution in [0.4, 0.5) is 5.69 Å². The summed E-state index contributed by atoms with van der Waals surface area (Å²) in [5.41, 5.74) is 4.75. The van der Waals surface area contributed by atoms with Crippen molar-refractivity contribution < 1.29 is 19.1 Å². The lowest BCUT2D eigenvalue weighted by Gasteiger charge is -2.21. The summed E-state index contributed by atoms with van der Waals surface area (Å²) in [4.78, 5) is 29.2. The first-order valence-electron chi connectivity index (χ1n) is 11.9. The van der Waals surface area contributed by atoms with Gasteiger partial charge in [-0.25, -0.2) is 0 Å². The molecule has 0 radical (unpaired) electrons. The monoisotopic (exact) mass is 478 g/mol. The number of rotatable bonds is 8. The third kappa shape index (κ3) is 4.57. The van der Waals surface area contributed by atoms with Gasteiger partial charge >= 0.3 is 0 Å². The lowest BCUT2D eigenvalue weighted by molar-refractivity contribution is -0.119. The van der Waals surface area contributed by atoms with E-state index in [1.165, 1.54) is 0 Å². The predicted octanol–water partition coefficient (Wildman–Crippen LogP) is 3.13. The van der Waals surface area contributed by atoms with Crippen LogP contribution in [0.5, 0.6) is 11.5 Å². The van der Waals surface area contributed by atoms with Crippen molar-refractivity contribution in [1.82, 2.24) is 10.2 Å². The Morgan fingerprint density at radius 1 is 1.23 bits per heavy atom. The molecule has 4 rings (SSSR count). The highest BCUT2D eigenvalue weighted by molar-refractivity contribution is 6.06. The van der Waals surface area contributed by atoms with Gasteiger partial charge in [-0.1, -0.05) is 13.8 Å². The fourth-order valence-electron chi connectivity index (χ4n) is 4.65. The topological polar surface area (TPSA) is 95.0 Å². The van der Waals surface area contributed by atoms with E-state index < -0.39 is 0 Å². The minimum Gasteiger partial charge on any atom is -0.494 e. The minimum absolute atomic E-state index is 0.0493. The van der Waals surface area contributed by atoms with Crippen molar-refractivity contribution in [2.24, 2.45) is 0 Å². The normalized spacial score (nSPS) is 15.4. The van der Waals surface area contributed by atoms with Crippen molar-refractivity contribution in [3.8, 4) is 11.5 Å². The third-order valence-corrected chi connectivity index (χ3v) is 6.66. The van der Waals surface area contributed by atoms with E-state index in [4.69, 9.17) is 14.9 Å². The number of hydrogen-bond donors (Lipinski definition) is 2. The Morgan fingerprint density at radius 2 is 1.97 bits per heavy atom. The van der Waals surface area contributed by atoms with Crippen LogP contribution in [0.1, 0.15) is 53.4 Å². The Hall–Kier alpha value is -3.55. The number of anilines is 1. The first kappa shape index (κ1) is 24.6. The number of amidine groups is 1. The van der Waals surface area contributed by atoms with Crippen LogP contribution >= 0.6 is 0 Å². The molecule has 0 aliphatic carbocycles. The average molecular weight is 479 g/mol. The van der Waals surface area contributed by atoms with Crippen LogP contribution in [0.3, 0.4) is 0 Å². The Labute approximate surface area is 206 Å². The van der Waals surface area contributed by atoms with Gasteiger partial charge in [0.1, 0.15) is 17.3 Å². The molecule has 2 heterocycles. The molecule has 2 aliphatic heterocycles. The van der Waals surface area contributed by atoms with E-state index in [-0.39, 0.29) is 35.9 Å². The van der Waals surface area contributed by atoms with E-state index in [2.05, 4.69) is 19.2 Å². The van der Waals surface area contributed by atoms with E-state index in [0.29, 0.717) is 31.1 Å². The number of Topliss-reactive ketones (excluding diaryl/α,β-unsaturated/α-hetero) is 1. The number of nitrogens with one attached hydrogen (secondary N) is 2. The number of ketones is 1. The summed E-state index contributed by atoms with van der Waals surface area (Å²) in [6.45, 7) is 7.72. The smallest absolute Gasteiger partial charge is 0.224 e. The molecule has 1 amide bonds. The highest BCUT2D eigenvalue weighted by atomic mass is 16.5. The molecule has 2 aliphatic rings. The van der Waals surface area contributed by atoms with Gasteiger partial charge in [0.05, 0.1) is 31.9 Å². The number of hydrogen-bond acceptors (Lipinski definition) is 6. The first-order chi connectivity index (χ1) is 16.6. The number of benzene rings is 2. The third-order valence-electron chi connectivity index (χ3n) is 6.66. The largest absolute Gasteiger partial charge is 0.494 e. The molecule has 2 aromatic rings. The van der Waals surface area contributed by atoms with Gasteiger partial charge < -0.3 is 24.6 Å². The predicted molar refractivity (Wildman–Crippen MR) is 136 cm³/mol. The summed E-state index contributed by atoms with van der Waals surface area (Å²) in [5.74, 6) is 1.60. The fraction of sp³-hybridized carbons (Fsp3) is 0.444. The summed E-state index contributed by atoms with van der Waals surface area (Å²) < 4.78 is 11.7. The van der Waals surface area contributed by atoms with Gasteiger partial charge in [-0.2, -0.15) is 0 Å².